The van der Waals surface area contributed by atoms with Crippen LogP contribution in [-0.4, -0.2) is 10.9 Å². The van der Waals surface area contributed by atoms with Crippen LogP contribution < -0.4 is 0 Å². The van der Waals surface area contributed by atoms with Crippen LogP contribution in [0.2, 0.25) is 0 Å². The minimum atomic E-state index is 0.647. The fourth-order valence-corrected chi connectivity index (χ4v) is 2.68. The maximum absolute atomic E-state index is 8.73. The fraction of sp³-hybridized carbons (Fsp3) is 0.889. The van der Waals surface area contributed by atoms with Crippen molar-refractivity contribution in [3.05, 3.63) is 0 Å². The van der Waals surface area contributed by atoms with E-state index in [4.69, 9.17) is 5.21 Å². The average molecular weight is 153 g/mol. The molecule has 2 atom stereocenters. The third-order valence-corrected chi connectivity index (χ3v) is 3.22. The molecule has 0 aromatic rings. The summed E-state index contributed by atoms with van der Waals surface area (Å²) >= 11 is 0. The Kier molecular flexibility index (Phi) is 1.84. The van der Waals surface area contributed by atoms with E-state index >= 15 is 0 Å². The van der Waals surface area contributed by atoms with Crippen molar-refractivity contribution in [2.45, 2.75) is 38.5 Å². The maximum Gasteiger partial charge on any atom is 0.0604 e. The molecule has 0 aromatic carbocycles. The molecule has 0 radical (unpaired) electrons. The molecule has 0 heterocycles. The van der Waals surface area contributed by atoms with Gasteiger partial charge in [-0.3, -0.25) is 0 Å². The summed E-state index contributed by atoms with van der Waals surface area (Å²) in [5.41, 5.74) is 1.08. The van der Waals surface area contributed by atoms with Crippen molar-refractivity contribution in [1.82, 2.24) is 0 Å². The highest BCUT2D eigenvalue weighted by Crippen LogP contribution is 2.40. The van der Waals surface area contributed by atoms with E-state index in [1.54, 1.807) is 0 Å². The predicted octanol–water partition coefficient (Wildman–Crippen LogP) is 2.42. The second-order valence-corrected chi connectivity index (χ2v) is 3.78. The first kappa shape index (κ1) is 7.14. The van der Waals surface area contributed by atoms with Gasteiger partial charge in [0, 0.05) is 5.92 Å². The van der Waals surface area contributed by atoms with Gasteiger partial charge in [-0.15, -0.1) is 0 Å². The highest BCUT2D eigenvalue weighted by atomic mass is 16.4. The first-order valence-corrected chi connectivity index (χ1v) is 4.62. The van der Waals surface area contributed by atoms with Gasteiger partial charge in [0.05, 0.1) is 5.71 Å². The number of fused-ring (bicyclic) bond motifs is 1. The summed E-state index contributed by atoms with van der Waals surface area (Å²) in [7, 11) is 0. The van der Waals surface area contributed by atoms with Crippen LogP contribution in [0.1, 0.15) is 38.5 Å². The maximum atomic E-state index is 8.73. The summed E-state index contributed by atoms with van der Waals surface area (Å²) in [4.78, 5) is 0. The van der Waals surface area contributed by atoms with E-state index in [1.165, 1.54) is 32.1 Å². The van der Waals surface area contributed by atoms with E-state index in [2.05, 4.69) is 5.16 Å². The van der Waals surface area contributed by atoms with E-state index < -0.39 is 0 Å². The van der Waals surface area contributed by atoms with Crippen LogP contribution >= 0.6 is 0 Å². The minimum Gasteiger partial charge on any atom is -0.411 e. The van der Waals surface area contributed by atoms with Gasteiger partial charge in [0.2, 0.25) is 0 Å². The normalized spacial score (nSPS) is 40.9. The van der Waals surface area contributed by atoms with E-state index in [0.717, 1.165) is 18.1 Å². The molecule has 2 aliphatic carbocycles. The summed E-state index contributed by atoms with van der Waals surface area (Å²) in [6, 6.07) is 0. The Morgan fingerprint density at radius 1 is 1.18 bits per heavy atom. The molecule has 0 amide bonds. The Morgan fingerprint density at radius 2 is 2.00 bits per heavy atom. The molecule has 2 unspecified atom stereocenters. The molecule has 2 aliphatic rings. The quantitative estimate of drug-likeness (QED) is 0.420. The zero-order valence-corrected chi connectivity index (χ0v) is 6.79. The molecule has 0 aromatic heterocycles. The van der Waals surface area contributed by atoms with Crippen molar-refractivity contribution in [3.8, 4) is 0 Å². The largest absolute Gasteiger partial charge is 0.411 e. The molecule has 2 rings (SSSR count). The standard InChI is InChI=1S/C9H15NO/c11-10-9-6-2-4-7-3-1-5-8(7)9/h7-8,11H,1-6H2/b10-9-. The lowest BCUT2D eigenvalue weighted by Crippen LogP contribution is -2.23. The molecule has 2 fully saturated rings. The Morgan fingerprint density at radius 3 is 2.82 bits per heavy atom. The summed E-state index contributed by atoms with van der Waals surface area (Å²) in [6.45, 7) is 0. The molecule has 1 N–H and O–H groups in total. The van der Waals surface area contributed by atoms with Crippen molar-refractivity contribution in [2.75, 3.05) is 0 Å². The highest BCUT2D eigenvalue weighted by Gasteiger charge is 2.33. The van der Waals surface area contributed by atoms with Gasteiger partial charge in [-0.1, -0.05) is 11.6 Å². The van der Waals surface area contributed by atoms with Gasteiger partial charge < -0.3 is 5.21 Å². The first-order valence-electron chi connectivity index (χ1n) is 4.62. The van der Waals surface area contributed by atoms with Crippen LogP contribution in [-0.2, 0) is 0 Å². The average Bonchev–Trinajstić information content (AvgIpc) is 2.50. The van der Waals surface area contributed by atoms with Crippen LogP contribution in [0.15, 0.2) is 5.16 Å². The van der Waals surface area contributed by atoms with E-state index in [1.807, 2.05) is 0 Å². The third-order valence-electron chi connectivity index (χ3n) is 3.22. The molecule has 0 saturated heterocycles. The van der Waals surface area contributed by atoms with Gasteiger partial charge in [0.25, 0.3) is 0 Å². The number of rotatable bonds is 0. The smallest absolute Gasteiger partial charge is 0.0604 e. The molecule has 2 nitrogen and oxygen atoms in total. The van der Waals surface area contributed by atoms with E-state index in [0.29, 0.717) is 5.92 Å². The monoisotopic (exact) mass is 153 g/mol. The zero-order chi connectivity index (χ0) is 7.68. The van der Waals surface area contributed by atoms with E-state index in [9.17, 15) is 0 Å². The molecule has 0 bridgehead atoms. The lowest BCUT2D eigenvalue weighted by Gasteiger charge is -2.25. The van der Waals surface area contributed by atoms with Crippen LogP contribution in [0.3, 0.4) is 0 Å². The van der Waals surface area contributed by atoms with Gasteiger partial charge in [-0.2, -0.15) is 0 Å². The van der Waals surface area contributed by atoms with Crippen molar-refractivity contribution in [1.29, 1.82) is 0 Å². The number of nitrogens with zero attached hydrogens (tertiary/aromatic N) is 1. The summed E-state index contributed by atoms with van der Waals surface area (Å²) in [5.74, 6) is 1.50. The summed E-state index contributed by atoms with van der Waals surface area (Å²) in [6.07, 6.45) is 7.62. The third kappa shape index (κ3) is 1.15. The Bertz CT molecular complexity index is 176. The number of hydrogen-bond donors (Lipinski definition) is 1. The Hall–Kier alpha value is -0.530. The topological polar surface area (TPSA) is 32.6 Å². The lowest BCUT2D eigenvalue weighted by molar-refractivity contribution is 0.300. The second kappa shape index (κ2) is 2.84. The van der Waals surface area contributed by atoms with Gasteiger partial charge in [0.1, 0.15) is 0 Å². The molecular weight excluding hydrogens is 138 g/mol. The molecule has 11 heavy (non-hydrogen) atoms. The van der Waals surface area contributed by atoms with Gasteiger partial charge in [0.15, 0.2) is 0 Å². The summed E-state index contributed by atoms with van der Waals surface area (Å²) < 4.78 is 0. The number of oxime groups is 1. The summed E-state index contributed by atoms with van der Waals surface area (Å²) in [5, 5.41) is 12.1. The van der Waals surface area contributed by atoms with Gasteiger partial charge in [-0.05, 0) is 38.0 Å². The minimum absolute atomic E-state index is 0.647. The van der Waals surface area contributed by atoms with Crippen LogP contribution in [0.5, 0.6) is 0 Å². The molecule has 0 aliphatic heterocycles. The number of hydrogen-bond acceptors (Lipinski definition) is 2. The van der Waals surface area contributed by atoms with Gasteiger partial charge >= 0.3 is 0 Å². The molecule has 2 heteroatoms. The lowest BCUT2D eigenvalue weighted by atomic mass is 9.80. The van der Waals surface area contributed by atoms with Crippen molar-refractivity contribution in [3.63, 3.8) is 0 Å². The Labute approximate surface area is 67.3 Å². The van der Waals surface area contributed by atoms with Crippen LogP contribution in [0, 0.1) is 11.8 Å². The second-order valence-electron chi connectivity index (χ2n) is 3.78. The zero-order valence-electron chi connectivity index (χ0n) is 6.79. The molecule has 0 spiro atoms. The molecule has 2 saturated carbocycles. The Balaban J connectivity index is 2.12. The fourth-order valence-electron chi connectivity index (χ4n) is 2.68. The predicted molar refractivity (Wildman–Crippen MR) is 43.9 cm³/mol. The van der Waals surface area contributed by atoms with Gasteiger partial charge in [-0.25, -0.2) is 0 Å². The molecular formula is C9H15NO. The van der Waals surface area contributed by atoms with E-state index in [-0.39, 0.29) is 0 Å². The molecule has 62 valence electrons. The van der Waals surface area contributed by atoms with Crippen LogP contribution in [0.25, 0.3) is 0 Å². The first-order chi connectivity index (χ1) is 5.42. The van der Waals surface area contributed by atoms with Crippen molar-refractivity contribution in [2.24, 2.45) is 17.0 Å². The van der Waals surface area contributed by atoms with Crippen molar-refractivity contribution < 1.29 is 5.21 Å². The van der Waals surface area contributed by atoms with Crippen LogP contribution in [0.4, 0.5) is 0 Å². The van der Waals surface area contributed by atoms with Crippen molar-refractivity contribution >= 4 is 5.71 Å². The highest BCUT2D eigenvalue weighted by molar-refractivity contribution is 5.87. The SMILES string of the molecule is O/N=C1/CCCC2CCCC12.